The summed E-state index contributed by atoms with van der Waals surface area (Å²) in [6.07, 6.45) is 11.7. The Kier molecular flexibility index (Phi) is 17.9. The highest BCUT2D eigenvalue weighted by Gasteiger charge is 2.45. The minimum Gasteiger partial charge on any atom is -0.458 e. The molecule has 2 atom stereocenters. The number of aliphatic hydroxyl groups is 1. The van der Waals surface area contributed by atoms with E-state index in [1.54, 1.807) is 81.6 Å². The number of nitrogens with two attached hydrogens (primary N) is 1. The lowest BCUT2D eigenvalue weighted by Gasteiger charge is -2.31. The minimum absolute atomic E-state index is 0.0164. The van der Waals surface area contributed by atoms with E-state index in [0.29, 0.717) is 95.8 Å². The van der Waals surface area contributed by atoms with Crippen LogP contribution in [0.4, 0.5) is 10.5 Å². The Morgan fingerprint density at radius 3 is 2.43 bits per heavy atom. The number of pyridine rings is 2. The van der Waals surface area contributed by atoms with Gasteiger partial charge in [0.1, 0.15) is 24.9 Å². The van der Waals surface area contributed by atoms with Crippen LogP contribution in [0.25, 0.3) is 33.5 Å². The van der Waals surface area contributed by atoms with E-state index in [9.17, 15) is 29.1 Å². The van der Waals surface area contributed by atoms with Crippen molar-refractivity contribution < 1.29 is 43.2 Å². The van der Waals surface area contributed by atoms with Crippen LogP contribution in [0.2, 0.25) is 0 Å². The highest BCUT2D eigenvalue weighted by atomic mass is 32.2. The van der Waals surface area contributed by atoms with Gasteiger partial charge in [0.15, 0.2) is 22.3 Å². The molecule has 4 aromatic heterocycles. The number of fused-ring (bicyclic) bond motifs is 6. The monoisotopic (exact) mass is 1100 g/mol. The Bertz CT molecular complexity index is 3250. The van der Waals surface area contributed by atoms with Gasteiger partial charge in [-0.1, -0.05) is 56.3 Å². The quantitative estimate of drug-likeness (QED) is 0.0186. The molecule has 0 fully saturated rings. The summed E-state index contributed by atoms with van der Waals surface area (Å²) in [6.45, 7) is 11.1. The molecule has 0 aliphatic carbocycles. The standard InChI is InChI=1S/C57H69N11O10S/c1-6-38(7-2)79-55-59-27-36(28-60-55)46-30-66(65-64-46)22-13-9-10-15-50(69)62-44(14-11-12-21-58)52(70)61-37-18-16-35(17-19-37)31-76-56(73)67(34(4)5)23-20-39-40-24-48-49(78-33-77-48)26-45(40)63-51-41(39)29-68-47(51)25-43-42(53(68)71)32-75-54(72)57(43,74)8-3/h16-19,24-28,30,34,38,44,74H,6-15,20-23,29,31-33,58H2,1-5H3,(H,61,70)(H,62,69)/t44-,57-/m0/s1. The maximum absolute atomic E-state index is 14.1. The van der Waals surface area contributed by atoms with Crippen molar-refractivity contribution in [3.63, 3.8) is 0 Å². The van der Waals surface area contributed by atoms with Crippen molar-refractivity contribution >= 4 is 52.2 Å². The molecule has 0 radical (unpaired) electrons. The number of rotatable bonds is 25. The van der Waals surface area contributed by atoms with E-state index < -0.39 is 23.7 Å². The summed E-state index contributed by atoms with van der Waals surface area (Å²) >= 11 is 1.69. The molecular formula is C57H69N11O10S. The highest BCUT2D eigenvalue weighted by molar-refractivity contribution is 7.99. The van der Waals surface area contributed by atoms with E-state index in [1.807, 2.05) is 26.1 Å². The van der Waals surface area contributed by atoms with Gasteiger partial charge in [-0.25, -0.2) is 24.5 Å². The predicted octanol–water partition coefficient (Wildman–Crippen LogP) is 7.54. The maximum Gasteiger partial charge on any atom is 0.410 e. The first-order valence-corrected chi connectivity index (χ1v) is 28.2. The molecule has 0 unspecified atom stereocenters. The first kappa shape index (κ1) is 56.3. The van der Waals surface area contributed by atoms with Gasteiger partial charge in [0, 0.05) is 77.0 Å². The lowest BCUT2D eigenvalue weighted by Crippen LogP contribution is -2.44. The zero-order valence-electron chi connectivity index (χ0n) is 45.4. The largest absolute Gasteiger partial charge is 0.458 e. The topological polar surface area (TPSA) is 270 Å². The van der Waals surface area contributed by atoms with Gasteiger partial charge >= 0.3 is 12.1 Å². The van der Waals surface area contributed by atoms with Crippen molar-refractivity contribution in [3.8, 4) is 34.1 Å². The van der Waals surface area contributed by atoms with E-state index in [2.05, 4.69) is 44.8 Å². The van der Waals surface area contributed by atoms with E-state index in [-0.39, 0.29) is 80.5 Å². The average molecular weight is 1100 g/mol. The fourth-order valence-electron chi connectivity index (χ4n) is 10.2. The zero-order chi connectivity index (χ0) is 55.8. The first-order chi connectivity index (χ1) is 38.2. The lowest BCUT2D eigenvalue weighted by molar-refractivity contribution is -0.172. The van der Waals surface area contributed by atoms with Crippen LogP contribution < -0.4 is 31.4 Å². The van der Waals surface area contributed by atoms with Gasteiger partial charge in [-0.05, 0) is 114 Å². The van der Waals surface area contributed by atoms with Crippen LogP contribution in [0.3, 0.4) is 0 Å². The van der Waals surface area contributed by atoms with Gasteiger partial charge in [-0.2, -0.15) is 0 Å². The SMILES string of the molecule is CCC(CC)Sc1ncc(-c2cn(CCCCCC(=O)N[C@@H](CCCCN)C(=O)Nc3ccc(COC(=O)N(CCc4c5c(nc6cc7c(cc46)OCO7)-c4cc6c(c(=O)n4C5)COC(=O)[C@]6(O)CC)C(C)C)cc3)nn2)cn1. The number of aryl methyl sites for hydroxylation is 1. The van der Waals surface area contributed by atoms with Gasteiger partial charge in [0.2, 0.25) is 18.6 Å². The number of thioether (sulfide) groups is 1. The van der Waals surface area contributed by atoms with E-state index in [4.69, 9.17) is 29.7 Å². The summed E-state index contributed by atoms with van der Waals surface area (Å²) in [5.74, 6) is -0.269. The Balaban J connectivity index is 0.778. The Hall–Kier alpha value is -7.43. The summed E-state index contributed by atoms with van der Waals surface area (Å²) in [7, 11) is 0. The number of anilines is 1. The molecule has 0 spiro atoms. The number of benzene rings is 2. The van der Waals surface area contributed by atoms with Crippen LogP contribution in [-0.2, 0) is 62.2 Å². The Morgan fingerprint density at radius 2 is 1.71 bits per heavy atom. The number of nitrogens with one attached hydrogen (secondary N) is 2. The second-order valence-electron chi connectivity index (χ2n) is 20.4. The zero-order valence-corrected chi connectivity index (χ0v) is 46.2. The van der Waals surface area contributed by atoms with E-state index >= 15 is 0 Å². The molecule has 22 heteroatoms. The molecule has 418 valence electrons. The number of cyclic esters (lactones) is 1. The van der Waals surface area contributed by atoms with Crippen molar-refractivity contribution in [3.05, 3.63) is 99.2 Å². The summed E-state index contributed by atoms with van der Waals surface area (Å²) in [5, 5.41) is 27.9. The lowest BCUT2D eigenvalue weighted by atomic mass is 9.86. The molecule has 3 aliphatic rings. The predicted molar refractivity (Wildman–Crippen MR) is 296 cm³/mol. The molecule has 0 saturated heterocycles. The molecule has 9 rings (SSSR count). The van der Waals surface area contributed by atoms with Gasteiger partial charge in [0.25, 0.3) is 5.56 Å². The third-order valence-corrected chi connectivity index (χ3v) is 16.3. The number of esters is 1. The van der Waals surface area contributed by atoms with Crippen molar-refractivity contribution in [1.29, 1.82) is 0 Å². The maximum atomic E-state index is 14.1. The van der Waals surface area contributed by atoms with Crippen LogP contribution in [0.5, 0.6) is 11.5 Å². The summed E-state index contributed by atoms with van der Waals surface area (Å²) in [6, 6.07) is 11.3. The average Bonchev–Trinajstić information content (AvgIpc) is 4.33. The molecular weight excluding hydrogens is 1030 g/mol. The van der Waals surface area contributed by atoms with Crippen LogP contribution in [-0.4, -0.2) is 106 Å². The molecule has 7 heterocycles. The van der Waals surface area contributed by atoms with Crippen LogP contribution >= 0.6 is 11.8 Å². The number of carbonyl (C=O) groups excluding carboxylic acids is 4. The van der Waals surface area contributed by atoms with Gasteiger partial charge in [0.05, 0.1) is 35.2 Å². The molecule has 3 amide bonds. The van der Waals surface area contributed by atoms with E-state index in [1.165, 1.54) is 0 Å². The van der Waals surface area contributed by atoms with Gasteiger partial charge in [-0.3, -0.25) is 19.1 Å². The molecule has 2 aromatic carbocycles. The molecule has 6 aromatic rings. The number of unbranched alkanes of at least 4 members (excludes halogenated alkanes) is 3. The molecule has 0 saturated carbocycles. The molecule has 21 nitrogen and oxygen atoms in total. The number of amides is 3. The van der Waals surface area contributed by atoms with Gasteiger partial charge < -0.3 is 49.9 Å². The molecule has 3 aliphatic heterocycles. The summed E-state index contributed by atoms with van der Waals surface area (Å²) in [4.78, 5) is 83.2. The second kappa shape index (κ2) is 25.1. The Labute approximate surface area is 462 Å². The number of nitrogens with zero attached hydrogens (tertiary/aromatic N) is 8. The van der Waals surface area contributed by atoms with Crippen molar-refractivity contribution in [2.24, 2.45) is 5.73 Å². The number of ether oxygens (including phenoxy) is 4. The van der Waals surface area contributed by atoms with Gasteiger partial charge in [-0.15, -0.1) is 5.10 Å². The fourth-order valence-corrected chi connectivity index (χ4v) is 11.0. The molecule has 79 heavy (non-hydrogen) atoms. The number of hydrogen-bond acceptors (Lipinski definition) is 17. The highest BCUT2D eigenvalue weighted by Crippen LogP contribution is 2.43. The number of hydrogen-bond donors (Lipinski definition) is 4. The normalized spacial score (nSPS) is 15.4. The van der Waals surface area contributed by atoms with Crippen molar-refractivity contribution in [2.75, 3.05) is 25.2 Å². The summed E-state index contributed by atoms with van der Waals surface area (Å²) in [5.41, 5.74) is 9.78. The Morgan fingerprint density at radius 1 is 0.949 bits per heavy atom. The fraction of sp³-hybridized carbons (Fsp3) is 0.474. The summed E-state index contributed by atoms with van der Waals surface area (Å²) < 4.78 is 26.0. The minimum atomic E-state index is -1.98. The third kappa shape index (κ3) is 12.6. The second-order valence-corrected chi connectivity index (χ2v) is 21.7. The molecule has 5 N–H and O–H groups in total. The van der Waals surface area contributed by atoms with Crippen molar-refractivity contribution in [2.45, 2.75) is 160 Å². The van der Waals surface area contributed by atoms with E-state index in [0.717, 1.165) is 52.9 Å². The smallest absolute Gasteiger partial charge is 0.410 e. The first-order valence-electron chi connectivity index (χ1n) is 27.4. The number of carbonyl (C=O) groups is 4. The molecule has 0 bridgehead atoms. The van der Waals surface area contributed by atoms with Crippen LogP contribution in [0.1, 0.15) is 127 Å². The van der Waals surface area contributed by atoms with Crippen LogP contribution in [0, 0.1) is 0 Å². The number of aromatic nitrogens is 7. The third-order valence-electron chi connectivity index (χ3n) is 14.9. The van der Waals surface area contributed by atoms with Crippen LogP contribution in [0.15, 0.2) is 71.0 Å². The van der Waals surface area contributed by atoms with Crippen molar-refractivity contribution in [1.82, 2.24) is 44.7 Å².